The van der Waals surface area contributed by atoms with Gasteiger partial charge in [0.25, 0.3) is 0 Å². The predicted octanol–water partition coefficient (Wildman–Crippen LogP) is 19.2. The third-order valence-corrected chi connectivity index (χ3v) is 14.6. The molecule has 3 heteroatoms. The molecule has 1 aromatic heterocycles. The highest BCUT2D eigenvalue weighted by atomic mass is 32.1. The summed E-state index contributed by atoms with van der Waals surface area (Å²) >= 11 is 1.88. The van der Waals surface area contributed by atoms with Crippen LogP contribution in [0.15, 0.2) is 255 Å². The molecule has 1 heterocycles. The molecule has 0 amide bonds. The third-order valence-electron chi connectivity index (χ3n) is 13.4. The van der Waals surface area contributed by atoms with E-state index in [1.54, 1.807) is 0 Å². The van der Waals surface area contributed by atoms with Crippen molar-refractivity contribution in [2.75, 3.05) is 9.80 Å². The Labute approximate surface area is 405 Å². The smallest absolute Gasteiger partial charge is 0.0561 e. The fourth-order valence-electron chi connectivity index (χ4n) is 10.4. The summed E-state index contributed by atoms with van der Waals surface area (Å²) in [7, 11) is 0. The number of anilines is 6. The van der Waals surface area contributed by atoms with Gasteiger partial charge in [0.1, 0.15) is 0 Å². The lowest BCUT2D eigenvalue weighted by molar-refractivity contribution is 1.29. The first-order valence-corrected chi connectivity index (χ1v) is 24.2. The molecular formula is C66H42N2S. The molecule has 0 atom stereocenters. The SMILES string of the molecule is c1cccc(-c2cc3ccc(N(c4ccccc4)c4cc5ccccc5c5sc6cc(N(c7ccccc7)c7ccccc7)ccc6c45)cc3c3ccccc3c3ccccc3c3ccccc23)c#1. The van der Waals surface area contributed by atoms with Crippen molar-refractivity contribution in [1.29, 1.82) is 0 Å². The molecule has 69 heavy (non-hydrogen) atoms. The molecule has 0 aliphatic rings. The zero-order chi connectivity index (χ0) is 45.7. The van der Waals surface area contributed by atoms with Crippen LogP contribution >= 0.6 is 11.3 Å². The van der Waals surface area contributed by atoms with E-state index in [1.807, 2.05) is 17.4 Å². The summed E-state index contributed by atoms with van der Waals surface area (Å²) < 4.78 is 2.50. The molecular weight excluding hydrogens is 853 g/mol. The van der Waals surface area contributed by atoms with Gasteiger partial charge in [-0.25, -0.2) is 0 Å². The zero-order valence-corrected chi connectivity index (χ0v) is 38.4. The highest BCUT2D eigenvalue weighted by molar-refractivity contribution is 7.26. The number of fused-ring (bicyclic) bond motifs is 12. The Morgan fingerprint density at radius 2 is 0.812 bits per heavy atom. The number of rotatable bonds is 7. The average molecular weight is 895 g/mol. The molecule has 0 bridgehead atoms. The van der Waals surface area contributed by atoms with Gasteiger partial charge in [-0.1, -0.05) is 182 Å². The molecule has 12 aromatic carbocycles. The minimum absolute atomic E-state index is 0.999. The van der Waals surface area contributed by atoms with Gasteiger partial charge >= 0.3 is 0 Å². The van der Waals surface area contributed by atoms with Gasteiger partial charge in [-0.2, -0.15) is 0 Å². The summed E-state index contributed by atoms with van der Waals surface area (Å²) in [6.45, 7) is 0. The topological polar surface area (TPSA) is 6.48 Å². The van der Waals surface area contributed by atoms with Gasteiger partial charge in [-0.3, -0.25) is 0 Å². The van der Waals surface area contributed by atoms with Gasteiger partial charge in [-0.15, -0.1) is 11.3 Å². The summed E-state index contributed by atoms with van der Waals surface area (Å²) in [4.78, 5) is 4.83. The van der Waals surface area contributed by atoms with Crippen LogP contribution in [0.4, 0.5) is 34.1 Å². The molecule has 0 unspecified atom stereocenters. The van der Waals surface area contributed by atoms with Crippen LogP contribution in [0, 0.1) is 12.1 Å². The Morgan fingerprint density at radius 3 is 1.42 bits per heavy atom. The van der Waals surface area contributed by atoms with E-state index < -0.39 is 0 Å². The Kier molecular flexibility index (Phi) is 9.97. The minimum Gasteiger partial charge on any atom is -0.310 e. The molecule has 0 saturated carbocycles. The number of para-hydroxylation sites is 3. The average Bonchev–Trinajstić information content (AvgIpc) is 3.81. The standard InChI is InChI=1S/C66H42N2S/c1-5-21-45(22-6-1)61-41-47-37-38-51(43-62(47)59-36-20-18-34-57(59)55-32-16-15-31-54(55)56-33-17-19-35-58(56)61)68(50-28-11-4-12-29-50)63-42-46-23-13-14-30-53(46)66-65(63)60-40-39-52(44-64(60)69-66)67(48-24-7-2-8-25-48)49-26-9-3-10-27-49/h1-5,7-21,23-44H. The van der Waals surface area contributed by atoms with Gasteiger partial charge in [0, 0.05) is 54.2 Å². The largest absolute Gasteiger partial charge is 0.310 e. The first-order chi connectivity index (χ1) is 34.2. The first kappa shape index (κ1) is 40.3. The second-order valence-corrected chi connectivity index (χ2v) is 18.5. The number of hydrogen-bond donors (Lipinski definition) is 0. The molecule has 0 fully saturated rings. The fourth-order valence-corrected chi connectivity index (χ4v) is 11.7. The van der Waals surface area contributed by atoms with Crippen LogP contribution in [0.3, 0.4) is 0 Å². The minimum atomic E-state index is 0.999. The van der Waals surface area contributed by atoms with Gasteiger partial charge in [0.05, 0.1) is 5.69 Å². The second kappa shape index (κ2) is 17.0. The van der Waals surface area contributed by atoms with E-state index in [1.165, 1.54) is 57.9 Å². The highest BCUT2D eigenvalue weighted by Gasteiger charge is 2.23. The maximum atomic E-state index is 3.48. The number of nitrogens with zero attached hydrogens (tertiary/aromatic N) is 2. The summed E-state index contributed by atoms with van der Waals surface area (Å²) in [6, 6.07) is 99.3. The second-order valence-electron chi connectivity index (χ2n) is 17.5. The van der Waals surface area contributed by atoms with Crippen molar-refractivity contribution in [3.8, 4) is 11.1 Å². The molecule has 0 saturated heterocycles. The number of hydrogen-bond acceptors (Lipinski definition) is 3. The van der Waals surface area contributed by atoms with Crippen LogP contribution in [-0.4, -0.2) is 0 Å². The quantitative estimate of drug-likeness (QED) is 0.157. The summed E-state index contributed by atoms with van der Waals surface area (Å²) in [5, 5.41) is 14.3. The number of benzene rings is 10. The van der Waals surface area contributed by atoms with E-state index in [2.05, 4.69) is 271 Å². The van der Waals surface area contributed by atoms with Crippen LogP contribution in [-0.2, 0) is 0 Å². The van der Waals surface area contributed by atoms with Gasteiger partial charge in [0.2, 0.25) is 0 Å². The fraction of sp³-hybridized carbons (Fsp3) is 0. The van der Waals surface area contributed by atoms with Crippen molar-refractivity contribution < 1.29 is 0 Å². The Balaban J connectivity index is 1.12. The van der Waals surface area contributed by atoms with Crippen molar-refractivity contribution >= 4 is 119 Å². The molecule has 0 aliphatic carbocycles. The van der Waals surface area contributed by atoms with Gasteiger partial charge in [-0.05, 0) is 144 Å². The molecule has 2 nitrogen and oxygen atoms in total. The van der Waals surface area contributed by atoms with E-state index in [0.717, 1.165) is 61.4 Å². The normalized spacial score (nSPS) is 11.4. The van der Waals surface area contributed by atoms with Crippen LogP contribution in [0.2, 0.25) is 0 Å². The Morgan fingerprint density at radius 1 is 0.319 bits per heavy atom. The van der Waals surface area contributed by atoms with Crippen molar-refractivity contribution in [3.63, 3.8) is 0 Å². The van der Waals surface area contributed by atoms with Crippen molar-refractivity contribution in [3.05, 3.63) is 267 Å². The molecule has 322 valence electrons. The molecule has 13 rings (SSSR count). The lowest BCUT2D eigenvalue weighted by Crippen LogP contribution is -2.10. The Bertz CT molecular complexity index is 4090. The van der Waals surface area contributed by atoms with Crippen molar-refractivity contribution in [1.82, 2.24) is 0 Å². The molecule has 0 radical (unpaired) electrons. The lowest BCUT2D eigenvalue weighted by Gasteiger charge is -2.27. The lowest BCUT2D eigenvalue weighted by atomic mass is 9.94. The summed E-state index contributed by atoms with van der Waals surface area (Å²) in [5.74, 6) is 0. The molecule has 13 aromatic rings. The molecule has 0 spiro atoms. The van der Waals surface area contributed by atoms with Gasteiger partial charge < -0.3 is 9.80 Å². The summed E-state index contributed by atoms with van der Waals surface area (Å²) in [5.41, 5.74) is 8.74. The van der Waals surface area contributed by atoms with Crippen LogP contribution < -0.4 is 9.80 Å². The Hall–Kier alpha value is -8.94. The van der Waals surface area contributed by atoms with E-state index >= 15 is 0 Å². The predicted molar refractivity (Wildman–Crippen MR) is 297 cm³/mol. The third kappa shape index (κ3) is 7.06. The monoisotopic (exact) mass is 894 g/mol. The van der Waals surface area contributed by atoms with E-state index in [9.17, 15) is 0 Å². The van der Waals surface area contributed by atoms with Crippen molar-refractivity contribution in [2.45, 2.75) is 0 Å². The van der Waals surface area contributed by atoms with Crippen LogP contribution in [0.5, 0.6) is 0 Å². The van der Waals surface area contributed by atoms with E-state index in [-0.39, 0.29) is 0 Å². The van der Waals surface area contributed by atoms with E-state index in [4.69, 9.17) is 0 Å². The summed E-state index contributed by atoms with van der Waals surface area (Å²) in [6.07, 6.45) is 0. The van der Waals surface area contributed by atoms with E-state index in [0.29, 0.717) is 0 Å². The molecule has 0 N–H and O–H groups in total. The maximum absolute atomic E-state index is 3.48. The zero-order valence-electron chi connectivity index (χ0n) is 37.6. The maximum Gasteiger partial charge on any atom is 0.0561 e. The van der Waals surface area contributed by atoms with Crippen LogP contribution in [0.1, 0.15) is 0 Å². The first-order valence-electron chi connectivity index (χ1n) is 23.4. The van der Waals surface area contributed by atoms with Gasteiger partial charge in [0.15, 0.2) is 0 Å². The number of thiophene rings is 1. The molecule has 0 aliphatic heterocycles. The van der Waals surface area contributed by atoms with Crippen molar-refractivity contribution in [2.24, 2.45) is 0 Å². The van der Waals surface area contributed by atoms with Crippen LogP contribution in [0.25, 0.3) is 85.2 Å². The highest BCUT2D eigenvalue weighted by Crippen LogP contribution is 2.50.